The Morgan fingerprint density at radius 2 is 1.75 bits per heavy atom. The van der Waals surface area contributed by atoms with Crippen LogP contribution in [0.15, 0.2) is 70.2 Å². The van der Waals surface area contributed by atoms with Crippen molar-refractivity contribution in [3.05, 3.63) is 71.8 Å². The molecule has 0 radical (unpaired) electrons. The molecule has 1 aromatic heterocycles. The van der Waals surface area contributed by atoms with Crippen LogP contribution >= 0.6 is 0 Å². The van der Waals surface area contributed by atoms with E-state index in [1.807, 2.05) is 54.6 Å². The van der Waals surface area contributed by atoms with Crippen molar-refractivity contribution < 1.29 is 4.42 Å². The van der Waals surface area contributed by atoms with E-state index in [9.17, 15) is 5.26 Å². The maximum absolute atomic E-state index is 9.18. The predicted octanol–water partition coefficient (Wildman–Crippen LogP) is 3.23. The second kappa shape index (κ2) is 5.29. The van der Waals surface area contributed by atoms with Gasteiger partial charge < -0.3 is 4.42 Å². The van der Waals surface area contributed by atoms with Crippen molar-refractivity contribution in [3.63, 3.8) is 0 Å². The first-order chi connectivity index (χ1) is 9.86. The zero-order chi connectivity index (χ0) is 13.8. The van der Waals surface area contributed by atoms with Crippen LogP contribution < -0.4 is 11.0 Å². The van der Waals surface area contributed by atoms with Crippen LogP contribution in [0.1, 0.15) is 5.56 Å². The summed E-state index contributed by atoms with van der Waals surface area (Å²) in [7, 11) is 0. The van der Waals surface area contributed by atoms with Crippen LogP contribution in [0.3, 0.4) is 0 Å². The molecule has 3 rings (SSSR count). The lowest BCUT2D eigenvalue weighted by atomic mass is 10.2. The van der Waals surface area contributed by atoms with E-state index in [-0.39, 0.29) is 5.55 Å². The fourth-order valence-corrected chi connectivity index (χ4v) is 1.86. The average molecular weight is 261 g/mol. The quantitative estimate of drug-likeness (QED) is 0.720. The molecule has 0 spiro atoms. The second-order valence-electron chi connectivity index (χ2n) is 4.20. The number of rotatable bonds is 2. The predicted molar refractivity (Wildman–Crippen MR) is 76.6 cm³/mol. The van der Waals surface area contributed by atoms with Gasteiger partial charge in [-0.15, -0.1) is 5.10 Å². The first-order valence-corrected chi connectivity index (χ1v) is 6.14. The van der Waals surface area contributed by atoms with E-state index in [1.54, 1.807) is 6.07 Å². The molecule has 0 atom stereocenters. The summed E-state index contributed by atoms with van der Waals surface area (Å²) in [6.45, 7) is 0. The molecule has 0 unspecified atom stereocenters. The molecular weight excluding hydrogens is 250 g/mol. The van der Waals surface area contributed by atoms with Gasteiger partial charge in [0.25, 0.3) is 5.55 Å². The molecule has 0 amide bonds. The molecule has 0 fully saturated rings. The maximum Gasteiger partial charge on any atom is 0.254 e. The molecular formula is C16H11N3O. The molecule has 0 aliphatic carbocycles. The Bertz CT molecular complexity index is 845. The normalized spacial score (nSPS) is 11.2. The van der Waals surface area contributed by atoms with Crippen molar-refractivity contribution in [1.82, 2.24) is 0 Å². The summed E-state index contributed by atoms with van der Waals surface area (Å²) in [6, 6.07) is 20.9. The summed E-state index contributed by atoms with van der Waals surface area (Å²) < 4.78 is 5.65. The van der Waals surface area contributed by atoms with E-state index in [4.69, 9.17) is 4.42 Å². The Labute approximate surface area is 115 Å². The van der Waals surface area contributed by atoms with Gasteiger partial charge in [-0.1, -0.05) is 36.4 Å². The van der Waals surface area contributed by atoms with E-state index in [0.29, 0.717) is 11.1 Å². The van der Waals surface area contributed by atoms with Crippen LogP contribution in [0.25, 0.3) is 11.0 Å². The standard InChI is InChI=1S/C16H11N3O/c17-11-13-10-12-6-4-5-9-15(12)20-16(13)19-18-14-7-2-1-3-8-14/h1-10,18H/b19-16-. The van der Waals surface area contributed by atoms with Crippen molar-refractivity contribution in [2.75, 3.05) is 5.43 Å². The molecule has 4 heteroatoms. The summed E-state index contributed by atoms with van der Waals surface area (Å²) in [6.07, 6.45) is 0. The lowest BCUT2D eigenvalue weighted by Gasteiger charge is -2.00. The fraction of sp³-hybridized carbons (Fsp3) is 0. The highest BCUT2D eigenvalue weighted by atomic mass is 16.3. The smallest absolute Gasteiger partial charge is 0.254 e. The first kappa shape index (κ1) is 12.0. The Balaban J connectivity index is 2.08. The zero-order valence-corrected chi connectivity index (χ0v) is 10.6. The number of nitrogens with one attached hydrogen (secondary N) is 1. The maximum atomic E-state index is 9.18. The van der Waals surface area contributed by atoms with Gasteiger partial charge in [-0.2, -0.15) is 5.26 Å². The Morgan fingerprint density at radius 1 is 1.00 bits per heavy atom. The Hall–Kier alpha value is -3.06. The van der Waals surface area contributed by atoms with E-state index in [2.05, 4.69) is 16.6 Å². The van der Waals surface area contributed by atoms with Gasteiger partial charge in [-0.25, -0.2) is 0 Å². The van der Waals surface area contributed by atoms with Gasteiger partial charge in [0.1, 0.15) is 17.2 Å². The number of para-hydroxylation sites is 2. The van der Waals surface area contributed by atoms with Crippen LogP contribution in [0.2, 0.25) is 0 Å². The number of hydrogen-bond donors (Lipinski definition) is 1. The minimum Gasteiger partial charge on any atom is -0.436 e. The van der Waals surface area contributed by atoms with Crippen LogP contribution in [-0.2, 0) is 0 Å². The molecule has 0 aliphatic rings. The molecule has 0 saturated carbocycles. The average Bonchev–Trinajstić information content (AvgIpc) is 2.53. The lowest BCUT2D eigenvalue weighted by molar-refractivity contribution is 0.538. The van der Waals surface area contributed by atoms with Crippen LogP contribution in [0, 0.1) is 11.3 Å². The third-order valence-corrected chi connectivity index (χ3v) is 2.84. The summed E-state index contributed by atoms with van der Waals surface area (Å²) in [5, 5.41) is 14.2. The van der Waals surface area contributed by atoms with Gasteiger partial charge in [-0.05, 0) is 24.3 Å². The van der Waals surface area contributed by atoms with Crippen LogP contribution in [-0.4, -0.2) is 0 Å². The van der Waals surface area contributed by atoms with Crippen molar-refractivity contribution >= 4 is 16.7 Å². The monoisotopic (exact) mass is 261 g/mol. The molecule has 1 heterocycles. The number of nitrogens with zero attached hydrogens (tertiary/aromatic N) is 2. The van der Waals surface area contributed by atoms with Gasteiger partial charge >= 0.3 is 0 Å². The van der Waals surface area contributed by atoms with E-state index in [1.165, 1.54) is 0 Å². The first-order valence-electron chi connectivity index (χ1n) is 6.14. The van der Waals surface area contributed by atoms with E-state index >= 15 is 0 Å². The molecule has 2 aromatic carbocycles. The molecule has 0 aliphatic heterocycles. The van der Waals surface area contributed by atoms with Crippen LogP contribution in [0.4, 0.5) is 5.69 Å². The summed E-state index contributed by atoms with van der Waals surface area (Å²) in [5.74, 6) is 0. The van der Waals surface area contributed by atoms with Crippen molar-refractivity contribution in [2.45, 2.75) is 0 Å². The summed E-state index contributed by atoms with van der Waals surface area (Å²) in [4.78, 5) is 0. The minimum atomic E-state index is 0.273. The SMILES string of the molecule is N#Cc1cc2ccccc2o/c1=N\Nc1ccccc1. The second-order valence-corrected chi connectivity index (χ2v) is 4.20. The number of benzene rings is 2. The topological polar surface area (TPSA) is 61.3 Å². The Morgan fingerprint density at radius 3 is 2.55 bits per heavy atom. The molecule has 20 heavy (non-hydrogen) atoms. The van der Waals surface area contributed by atoms with Crippen molar-refractivity contribution in [2.24, 2.45) is 5.10 Å². The van der Waals surface area contributed by atoms with Gasteiger partial charge in [-0.3, -0.25) is 5.43 Å². The zero-order valence-electron chi connectivity index (χ0n) is 10.6. The third-order valence-electron chi connectivity index (χ3n) is 2.84. The highest BCUT2D eigenvalue weighted by molar-refractivity contribution is 5.77. The van der Waals surface area contributed by atoms with E-state index in [0.717, 1.165) is 11.1 Å². The number of anilines is 1. The largest absolute Gasteiger partial charge is 0.436 e. The van der Waals surface area contributed by atoms with Crippen molar-refractivity contribution in [1.29, 1.82) is 5.26 Å². The van der Waals surface area contributed by atoms with Crippen molar-refractivity contribution in [3.8, 4) is 6.07 Å². The number of fused-ring (bicyclic) bond motifs is 1. The fourth-order valence-electron chi connectivity index (χ4n) is 1.86. The number of hydrogen-bond acceptors (Lipinski definition) is 4. The van der Waals surface area contributed by atoms with Gasteiger partial charge in [0.05, 0.1) is 5.69 Å². The van der Waals surface area contributed by atoms with Gasteiger partial charge in [0.2, 0.25) is 0 Å². The third kappa shape index (κ3) is 2.38. The molecule has 4 nitrogen and oxygen atoms in total. The highest BCUT2D eigenvalue weighted by Gasteiger charge is 2.02. The van der Waals surface area contributed by atoms with E-state index < -0.39 is 0 Å². The van der Waals surface area contributed by atoms with Gasteiger partial charge in [0.15, 0.2) is 0 Å². The lowest BCUT2D eigenvalue weighted by Crippen LogP contribution is -2.09. The summed E-state index contributed by atoms with van der Waals surface area (Å²) >= 11 is 0. The molecule has 0 bridgehead atoms. The molecule has 1 N–H and O–H groups in total. The Kier molecular flexibility index (Phi) is 3.17. The molecule has 0 saturated heterocycles. The molecule has 96 valence electrons. The van der Waals surface area contributed by atoms with Crippen LogP contribution in [0.5, 0.6) is 0 Å². The summed E-state index contributed by atoms with van der Waals surface area (Å²) in [5.41, 5.74) is 5.08. The number of nitriles is 1. The minimum absolute atomic E-state index is 0.273. The molecule has 3 aromatic rings. The van der Waals surface area contributed by atoms with Gasteiger partial charge in [0, 0.05) is 5.39 Å². The highest BCUT2D eigenvalue weighted by Crippen LogP contribution is 2.12.